The SMILES string of the molecule is CN(CC(N)=O)c1ccc(C(=O)O)s1. The fourth-order valence-corrected chi connectivity index (χ4v) is 1.76. The third-order valence-corrected chi connectivity index (χ3v) is 2.76. The van der Waals surface area contributed by atoms with Gasteiger partial charge in [-0.1, -0.05) is 0 Å². The van der Waals surface area contributed by atoms with Gasteiger partial charge in [-0.15, -0.1) is 11.3 Å². The van der Waals surface area contributed by atoms with E-state index in [4.69, 9.17) is 10.8 Å². The molecular formula is C8H10N2O3S. The van der Waals surface area contributed by atoms with Gasteiger partial charge in [-0.2, -0.15) is 0 Å². The summed E-state index contributed by atoms with van der Waals surface area (Å²) in [4.78, 5) is 23.0. The van der Waals surface area contributed by atoms with Gasteiger partial charge >= 0.3 is 5.97 Å². The Balaban J connectivity index is 2.76. The van der Waals surface area contributed by atoms with Crippen LogP contribution in [0.1, 0.15) is 9.67 Å². The zero-order chi connectivity index (χ0) is 10.7. The van der Waals surface area contributed by atoms with Gasteiger partial charge in [0.05, 0.1) is 11.5 Å². The van der Waals surface area contributed by atoms with Gasteiger partial charge < -0.3 is 15.7 Å². The van der Waals surface area contributed by atoms with E-state index in [0.29, 0.717) is 5.00 Å². The molecule has 1 aromatic heterocycles. The molecule has 1 amide bonds. The Morgan fingerprint density at radius 1 is 1.57 bits per heavy atom. The van der Waals surface area contributed by atoms with Crippen LogP contribution in [0.15, 0.2) is 12.1 Å². The van der Waals surface area contributed by atoms with Crippen molar-refractivity contribution in [3.8, 4) is 0 Å². The number of rotatable bonds is 4. The van der Waals surface area contributed by atoms with Crippen LogP contribution in [0.4, 0.5) is 5.00 Å². The standard InChI is InChI=1S/C8H10N2O3S/c1-10(4-6(9)11)7-3-2-5(14-7)8(12)13/h2-3H,4H2,1H3,(H2,9,11)(H,12,13). The van der Waals surface area contributed by atoms with Gasteiger partial charge in [0.1, 0.15) is 4.88 Å². The molecule has 0 saturated carbocycles. The number of likely N-dealkylation sites (N-methyl/N-ethyl adjacent to an activating group) is 1. The second-order valence-electron chi connectivity index (χ2n) is 2.77. The first-order valence-electron chi connectivity index (χ1n) is 3.83. The molecule has 0 fully saturated rings. The molecule has 1 heterocycles. The van der Waals surface area contributed by atoms with Crippen molar-refractivity contribution < 1.29 is 14.7 Å². The van der Waals surface area contributed by atoms with Gasteiger partial charge in [0, 0.05) is 7.05 Å². The number of aromatic carboxylic acids is 1. The van der Waals surface area contributed by atoms with Gasteiger partial charge in [-0.25, -0.2) is 4.79 Å². The molecule has 0 aliphatic heterocycles. The Hall–Kier alpha value is -1.56. The van der Waals surface area contributed by atoms with Gasteiger partial charge in [-0.3, -0.25) is 4.79 Å². The number of thiophene rings is 1. The second kappa shape index (κ2) is 4.10. The third-order valence-electron chi connectivity index (χ3n) is 1.57. The normalized spacial score (nSPS) is 9.79. The van der Waals surface area contributed by atoms with E-state index >= 15 is 0 Å². The molecule has 0 aromatic carbocycles. The summed E-state index contributed by atoms with van der Waals surface area (Å²) in [6.45, 7) is 0.0829. The Bertz CT molecular complexity index is 361. The molecule has 5 nitrogen and oxygen atoms in total. The third kappa shape index (κ3) is 2.46. The van der Waals surface area contributed by atoms with E-state index in [-0.39, 0.29) is 11.4 Å². The largest absolute Gasteiger partial charge is 0.477 e. The number of carboxylic acid groups (broad SMARTS) is 1. The van der Waals surface area contributed by atoms with E-state index < -0.39 is 11.9 Å². The Morgan fingerprint density at radius 3 is 2.64 bits per heavy atom. The van der Waals surface area contributed by atoms with Crippen LogP contribution in [-0.2, 0) is 4.79 Å². The highest BCUT2D eigenvalue weighted by atomic mass is 32.1. The van der Waals surface area contributed by atoms with Gasteiger partial charge in [0.15, 0.2) is 0 Å². The molecule has 14 heavy (non-hydrogen) atoms. The summed E-state index contributed by atoms with van der Waals surface area (Å²) < 4.78 is 0. The minimum absolute atomic E-state index is 0.0829. The van der Waals surface area contributed by atoms with Crippen molar-refractivity contribution in [2.45, 2.75) is 0 Å². The van der Waals surface area contributed by atoms with Crippen LogP contribution in [-0.4, -0.2) is 30.6 Å². The van der Waals surface area contributed by atoms with Gasteiger partial charge in [-0.05, 0) is 12.1 Å². The maximum absolute atomic E-state index is 10.6. The Labute approximate surface area is 84.7 Å². The van der Waals surface area contributed by atoms with Crippen LogP contribution < -0.4 is 10.6 Å². The minimum atomic E-state index is -0.964. The molecule has 0 saturated heterocycles. The van der Waals surface area contributed by atoms with Crippen molar-refractivity contribution in [1.29, 1.82) is 0 Å². The lowest BCUT2D eigenvalue weighted by Gasteiger charge is -2.13. The zero-order valence-electron chi connectivity index (χ0n) is 7.56. The topological polar surface area (TPSA) is 83.6 Å². The molecule has 0 unspecified atom stereocenters. The van der Waals surface area contributed by atoms with Gasteiger partial charge in [0.2, 0.25) is 5.91 Å². The van der Waals surface area contributed by atoms with E-state index in [9.17, 15) is 9.59 Å². The number of hydrogen-bond acceptors (Lipinski definition) is 4. The fourth-order valence-electron chi connectivity index (χ4n) is 0.959. The van der Waals surface area contributed by atoms with Crippen LogP contribution in [0.25, 0.3) is 0 Å². The van der Waals surface area contributed by atoms with Gasteiger partial charge in [0.25, 0.3) is 0 Å². The Kier molecular flexibility index (Phi) is 3.08. The molecular weight excluding hydrogens is 204 g/mol. The van der Waals surface area contributed by atoms with Crippen LogP contribution in [0, 0.1) is 0 Å². The van der Waals surface area contributed by atoms with E-state index in [1.807, 2.05) is 0 Å². The summed E-state index contributed by atoms with van der Waals surface area (Å²) in [5.41, 5.74) is 5.01. The minimum Gasteiger partial charge on any atom is -0.477 e. The number of nitrogens with zero attached hydrogens (tertiary/aromatic N) is 1. The number of hydrogen-bond donors (Lipinski definition) is 2. The lowest BCUT2D eigenvalue weighted by molar-refractivity contribution is -0.116. The first kappa shape index (κ1) is 10.5. The van der Waals surface area contributed by atoms with Crippen molar-refractivity contribution in [1.82, 2.24) is 0 Å². The molecule has 0 aliphatic rings. The zero-order valence-corrected chi connectivity index (χ0v) is 8.37. The molecule has 0 atom stereocenters. The quantitative estimate of drug-likeness (QED) is 0.758. The number of nitrogens with two attached hydrogens (primary N) is 1. The van der Waals surface area contributed by atoms with Crippen molar-refractivity contribution in [2.24, 2.45) is 5.73 Å². The molecule has 3 N–H and O–H groups in total. The number of carbonyl (C=O) groups is 2. The summed E-state index contributed by atoms with van der Waals surface area (Å²) in [5, 5.41) is 9.37. The van der Waals surface area contributed by atoms with Crippen molar-refractivity contribution in [3.63, 3.8) is 0 Å². The predicted molar refractivity (Wildman–Crippen MR) is 53.7 cm³/mol. The van der Waals surface area contributed by atoms with E-state index in [1.165, 1.54) is 6.07 Å². The second-order valence-corrected chi connectivity index (χ2v) is 3.83. The average molecular weight is 214 g/mol. The van der Waals surface area contributed by atoms with Crippen molar-refractivity contribution >= 4 is 28.2 Å². The maximum Gasteiger partial charge on any atom is 0.345 e. The number of carbonyl (C=O) groups excluding carboxylic acids is 1. The van der Waals surface area contributed by atoms with E-state index in [2.05, 4.69) is 0 Å². The average Bonchev–Trinajstić information content (AvgIpc) is 2.50. The summed E-state index contributed by atoms with van der Waals surface area (Å²) in [6, 6.07) is 3.15. The smallest absolute Gasteiger partial charge is 0.345 e. The summed E-state index contributed by atoms with van der Waals surface area (Å²) in [6.07, 6.45) is 0. The molecule has 6 heteroatoms. The lowest BCUT2D eigenvalue weighted by Crippen LogP contribution is -2.29. The number of carboxylic acids is 1. The number of amides is 1. The summed E-state index contributed by atoms with van der Waals surface area (Å²) >= 11 is 1.11. The Morgan fingerprint density at radius 2 is 2.21 bits per heavy atom. The highest BCUT2D eigenvalue weighted by molar-refractivity contribution is 7.17. The van der Waals surface area contributed by atoms with Crippen LogP contribution in [0.3, 0.4) is 0 Å². The first-order valence-corrected chi connectivity index (χ1v) is 4.65. The van der Waals surface area contributed by atoms with Crippen LogP contribution >= 0.6 is 11.3 Å². The molecule has 76 valence electrons. The predicted octanol–water partition coefficient (Wildman–Crippen LogP) is 0.368. The maximum atomic E-state index is 10.6. The molecule has 0 spiro atoms. The van der Waals surface area contributed by atoms with Crippen LogP contribution in [0.5, 0.6) is 0 Å². The van der Waals surface area contributed by atoms with Crippen LogP contribution in [0.2, 0.25) is 0 Å². The molecule has 0 bridgehead atoms. The number of anilines is 1. The molecule has 1 rings (SSSR count). The molecule has 0 radical (unpaired) electrons. The number of primary amides is 1. The van der Waals surface area contributed by atoms with Crippen molar-refractivity contribution in [2.75, 3.05) is 18.5 Å². The molecule has 1 aromatic rings. The fraction of sp³-hybridized carbons (Fsp3) is 0.250. The molecule has 0 aliphatic carbocycles. The summed E-state index contributed by atoms with van der Waals surface area (Å²) in [7, 11) is 1.68. The van der Waals surface area contributed by atoms with E-state index in [1.54, 1.807) is 18.0 Å². The lowest BCUT2D eigenvalue weighted by atomic mass is 10.4. The highest BCUT2D eigenvalue weighted by Crippen LogP contribution is 2.24. The highest BCUT2D eigenvalue weighted by Gasteiger charge is 2.10. The van der Waals surface area contributed by atoms with Crippen molar-refractivity contribution in [3.05, 3.63) is 17.0 Å². The summed E-state index contributed by atoms with van der Waals surface area (Å²) in [5.74, 6) is -1.41. The monoisotopic (exact) mass is 214 g/mol. The van der Waals surface area contributed by atoms with E-state index in [0.717, 1.165) is 11.3 Å². The first-order chi connectivity index (χ1) is 6.50.